The Morgan fingerprint density at radius 3 is 2.94 bits per heavy atom. The third-order valence-corrected chi connectivity index (χ3v) is 3.37. The molecule has 0 bridgehead atoms. The fourth-order valence-electron chi connectivity index (χ4n) is 1.22. The van der Waals surface area contributed by atoms with Crippen molar-refractivity contribution in [2.75, 3.05) is 0 Å². The molecule has 92 valence electrons. The summed E-state index contributed by atoms with van der Waals surface area (Å²) in [7, 11) is 0. The van der Waals surface area contributed by atoms with Gasteiger partial charge < -0.3 is 10.9 Å². The highest BCUT2D eigenvalue weighted by Gasteiger charge is 2.05. The van der Waals surface area contributed by atoms with Gasteiger partial charge in [-0.25, -0.2) is 9.97 Å². The summed E-state index contributed by atoms with van der Waals surface area (Å²) in [6, 6.07) is 9.37. The number of hydrogen-bond acceptors (Lipinski definition) is 5. The topological polar surface area (TPSA) is 84.4 Å². The van der Waals surface area contributed by atoms with Gasteiger partial charge in [0, 0.05) is 15.6 Å². The minimum Gasteiger partial charge on any atom is -0.409 e. The second-order valence-electron chi connectivity index (χ2n) is 3.27. The van der Waals surface area contributed by atoms with Crippen molar-refractivity contribution in [2.45, 2.75) is 10.1 Å². The lowest BCUT2D eigenvalue weighted by Gasteiger charge is -2.02. The van der Waals surface area contributed by atoms with E-state index in [0.29, 0.717) is 10.9 Å². The monoisotopic (exact) mass is 324 g/mol. The van der Waals surface area contributed by atoms with Crippen LogP contribution < -0.4 is 5.73 Å². The number of nitrogens with zero attached hydrogens (tertiary/aromatic N) is 3. The maximum Gasteiger partial charge on any atom is 0.193 e. The van der Waals surface area contributed by atoms with E-state index in [2.05, 4.69) is 31.1 Å². The van der Waals surface area contributed by atoms with Crippen LogP contribution in [-0.2, 0) is 0 Å². The predicted molar refractivity (Wildman–Crippen MR) is 72.8 cm³/mol. The standard InChI is InChI=1S/C11H9BrN4OS/c12-7-2-1-3-8(6-7)18-11-14-5-4-9(15-11)10(13)16-17/h1-6,17H,(H2,13,16). The lowest BCUT2D eigenvalue weighted by molar-refractivity contribution is 0.318. The predicted octanol–water partition coefficient (Wildman–Crippen LogP) is 2.48. The first-order chi connectivity index (χ1) is 8.69. The van der Waals surface area contributed by atoms with Gasteiger partial charge in [-0.2, -0.15) is 0 Å². The molecule has 5 nitrogen and oxygen atoms in total. The number of aromatic nitrogens is 2. The summed E-state index contributed by atoms with van der Waals surface area (Å²) >= 11 is 4.80. The molecule has 0 atom stereocenters. The smallest absolute Gasteiger partial charge is 0.193 e. The lowest BCUT2D eigenvalue weighted by atomic mass is 10.4. The van der Waals surface area contributed by atoms with Crippen LogP contribution in [0.3, 0.4) is 0 Å². The fraction of sp³-hybridized carbons (Fsp3) is 0. The lowest BCUT2D eigenvalue weighted by Crippen LogP contribution is -2.15. The zero-order valence-corrected chi connectivity index (χ0v) is 11.5. The highest BCUT2D eigenvalue weighted by atomic mass is 79.9. The van der Waals surface area contributed by atoms with Crippen molar-refractivity contribution >= 4 is 33.5 Å². The van der Waals surface area contributed by atoms with Crippen molar-refractivity contribution in [1.82, 2.24) is 9.97 Å². The average Bonchev–Trinajstić information content (AvgIpc) is 2.38. The molecule has 0 spiro atoms. The zero-order valence-electron chi connectivity index (χ0n) is 9.12. The third kappa shape index (κ3) is 3.21. The Hall–Kier alpha value is -1.60. The molecule has 7 heteroatoms. The molecule has 1 aromatic carbocycles. The molecule has 18 heavy (non-hydrogen) atoms. The molecule has 0 unspecified atom stereocenters. The molecule has 0 aliphatic rings. The first-order valence-electron chi connectivity index (χ1n) is 4.93. The molecule has 0 aliphatic heterocycles. The summed E-state index contributed by atoms with van der Waals surface area (Å²) in [6.45, 7) is 0. The van der Waals surface area contributed by atoms with Crippen molar-refractivity contribution in [2.24, 2.45) is 10.9 Å². The average molecular weight is 325 g/mol. The van der Waals surface area contributed by atoms with E-state index in [9.17, 15) is 0 Å². The normalized spacial score (nSPS) is 11.5. The Morgan fingerprint density at radius 1 is 1.39 bits per heavy atom. The molecule has 1 heterocycles. The molecule has 0 aliphatic carbocycles. The van der Waals surface area contributed by atoms with Gasteiger partial charge in [0.2, 0.25) is 0 Å². The summed E-state index contributed by atoms with van der Waals surface area (Å²) < 4.78 is 0.986. The van der Waals surface area contributed by atoms with E-state index in [0.717, 1.165) is 9.37 Å². The molecule has 3 N–H and O–H groups in total. The highest BCUT2D eigenvalue weighted by molar-refractivity contribution is 9.10. The number of amidine groups is 1. The van der Waals surface area contributed by atoms with E-state index in [4.69, 9.17) is 10.9 Å². The molecule has 0 saturated heterocycles. The van der Waals surface area contributed by atoms with Gasteiger partial charge in [0.1, 0.15) is 5.69 Å². The van der Waals surface area contributed by atoms with Gasteiger partial charge in [0.25, 0.3) is 0 Å². The summed E-state index contributed by atoms with van der Waals surface area (Å²) in [4.78, 5) is 9.32. The van der Waals surface area contributed by atoms with Crippen LogP contribution in [0.2, 0.25) is 0 Å². The summed E-state index contributed by atoms with van der Waals surface area (Å²) in [5.74, 6) is -0.0338. The Balaban J connectivity index is 2.24. The van der Waals surface area contributed by atoms with Crippen LogP contribution >= 0.6 is 27.7 Å². The number of rotatable bonds is 3. The van der Waals surface area contributed by atoms with Gasteiger partial charge in [-0.15, -0.1) is 0 Å². The van der Waals surface area contributed by atoms with E-state index in [-0.39, 0.29) is 5.84 Å². The van der Waals surface area contributed by atoms with Crippen LogP contribution in [0.25, 0.3) is 0 Å². The minimum absolute atomic E-state index is 0.0338. The summed E-state index contributed by atoms with van der Waals surface area (Å²) in [6.07, 6.45) is 1.57. The molecule has 1 aromatic heterocycles. The first-order valence-corrected chi connectivity index (χ1v) is 6.54. The molecule has 0 radical (unpaired) electrons. The van der Waals surface area contributed by atoms with Gasteiger partial charge in [-0.3, -0.25) is 0 Å². The number of oxime groups is 1. The van der Waals surface area contributed by atoms with Crippen molar-refractivity contribution in [3.63, 3.8) is 0 Å². The second kappa shape index (κ2) is 5.83. The molecular weight excluding hydrogens is 316 g/mol. The second-order valence-corrected chi connectivity index (χ2v) is 5.23. The van der Waals surface area contributed by atoms with Crippen LogP contribution in [0.4, 0.5) is 0 Å². The van der Waals surface area contributed by atoms with Gasteiger partial charge in [0.15, 0.2) is 11.0 Å². The summed E-state index contributed by atoms with van der Waals surface area (Å²) in [5.41, 5.74) is 5.87. The Morgan fingerprint density at radius 2 is 2.22 bits per heavy atom. The maximum absolute atomic E-state index is 8.59. The number of nitrogens with two attached hydrogens (primary N) is 1. The van der Waals surface area contributed by atoms with E-state index in [1.54, 1.807) is 12.3 Å². The van der Waals surface area contributed by atoms with Crippen molar-refractivity contribution in [1.29, 1.82) is 0 Å². The van der Waals surface area contributed by atoms with Crippen molar-refractivity contribution in [3.05, 3.63) is 46.7 Å². The number of hydrogen-bond donors (Lipinski definition) is 2. The number of halogens is 1. The largest absolute Gasteiger partial charge is 0.409 e. The first kappa shape index (κ1) is 12.8. The Labute approximate surface area is 116 Å². The van der Waals surface area contributed by atoms with Crippen LogP contribution in [0, 0.1) is 0 Å². The highest BCUT2D eigenvalue weighted by Crippen LogP contribution is 2.26. The van der Waals surface area contributed by atoms with E-state index in [1.165, 1.54) is 11.8 Å². The van der Waals surface area contributed by atoms with E-state index < -0.39 is 0 Å². The van der Waals surface area contributed by atoms with Gasteiger partial charge in [-0.05, 0) is 36.0 Å². The maximum atomic E-state index is 8.59. The summed E-state index contributed by atoms with van der Waals surface area (Å²) in [5, 5.41) is 12.0. The van der Waals surface area contributed by atoms with Crippen LogP contribution in [-0.4, -0.2) is 21.0 Å². The molecule has 2 rings (SSSR count). The Bertz CT molecular complexity index is 591. The molecular formula is C11H9BrN4OS. The molecule has 2 aromatic rings. The quantitative estimate of drug-likeness (QED) is 0.298. The van der Waals surface area contributed by atoms with E-state index >= 15 is 0 Å². The van der Waals surface area contributed by atoms with Gasteiger partial charge in [-0.1, -0.05) is 27.2 Å². The molecule has 0 saturated carbocycles. The number of benzene rings is 1. The van der Waals surface area contributed by atoms with Crippen molar-refractivity contribution < 1.29 is 5.21 Å². The zero-order chi connectivity index (χ0) is 13.0. The van der Waals surface area contributed by atoms with Crippen LogP contribution in [0.1, 0.15) is 5.69 Å². The Kier molecular flexibility index (Phi) is 4.16. The molecule has 0 amide bonds. The SMILES string of the molecule is N/C(=N/O)c1ccnc(Sc2cccc(Br)c2)n1. The van der Waals surface area contributed by atoms with Crippen LogP contribution in [0.5, 0.6) is 0 Å². The van der Waals surface area contributed by atoms with E-state index in [1.807, 2.05) is 24.3 Å². The van der Waals surface area contributed by atoms with Gasteiger partial charge >= 0.3 is 0 Å². The minimum atomic E-state index is -0.0338. The fourth-order valence-corrected chi connectivity index (χ4v) is 2.57. The van der Waals surface area contributed by atoms with Crippen LogP contribution in [0.15, 0.2) is 56.2 Å². The third-order valence-electron chi connectivity index (χ3n) is 2.01. The van der Waals surface area contributed by atoms with Gasteiger partial charge in [0.05, 0.1) is 0 Å². The van der Waals surface area contributed by atoms with Crippen molar-refractivity contribution in [3.8, 4) is 0 Å². The molecule has 0 fully saturated rings.